The molecule has 0 aliphatic rings. The van der Waals surface area contributed by atoms with Crippen molar-refractivity contribution in [3.8, 4) is 28.2 Å². The van der Waals surface area contributed by atoms with Crippen molar-refractivity contribution in [3.63, 3.8) is 0 Å². The summed E-state index contributed by atoms with van der Waals surface area (Å²) in [5, 5.41) is 5.69. The van der Waals surface area contributed by atoms with Gasteiger partial charge in [-0.2, -0.15) is 5.10 Å². The highest BCUT2D eigenvalue weighted by Gasteiger charge is 2.17. The van der Waals surface area contributed by atoms with E-state index in [1.165, 1.54) is 0 Å². The Labute approximate surface area is 173 Å². The van der Waals surface area contributed by atoms with E-state index in [0.717, 1.165) is 33.9 Å². The van der Waals surface area contributed by atoms with Gasteiger partial charge in [0, 0.05) is 28.9 Å². The molecule has 3 aromatic heterocycles. The fourth-order valence-corrected chi connectivity index (χ4v) is 3.52. The van der Waals surface area contributed by atoms with Crippen molar-refractivity contribution in [2.45, 2.75) is 6.92 Å². The van der Waals surface area contributed by atoms with Crippen LogP contribution in [0.25, 0.3) is 39.2 Å². The maximum Gasteiger partial charge on any atom is 0.163 e. The number of hydrogen-bond donors (Lipinski definition) is 0. The Morgan fingerprint density at radius 1 is 0.900 bits per heavy atom. The van der Waals surface area contributed by atoms with Crippen LogP contribution in [0.4, 0.5) is 0 Å². The number of aldehydes is 1. The lowest BCUT2D eigenvalue weighted by Gasteiger charge is -2.10. The van der Waals surface area contributed by atoms with Gasteiger partial charge in [0.15, 0.2) is 17.8 Å². The van der Waals surface area contributed by atoms with Gasteiger partial charge in [-0.05, 0) is 30.7 Å². The summed E-state index contributed by atoms with van der Waals surface area (Å²) in [6.07, 6.45) is 4.28. The van der Waals surface area contributed by atoms with E-state index in [1.807, 2.05) is 73.7 Å². The van der Waals surface area contributed by atoms with Crippen LogP contribution < -0.4 is 0 Å². The first-order chi connectivity index (χ1) is 14.7. The summed E-state index contributed by atoms with van der Waals surface area (Å²) in [5.74, 6) is 0.633. The number of rotatable bonds is 4. The first-order valence-corrected chi connectivity index (χ1v) is 9.66. The van der Waals surface area contributed by atoms with Gasteiger partial charge < -0.3 is 0 Å². The summed E-state index contributed by atoms with van der Waals surface area (Å²) in [6, 6.07) is 23.9. The van der Waals surface area contributed by atoms with Gasteiger partial charge in [0.25, 0.3) is 0 Å². The molecule has 144 valence electrons. The zero-order valence-corrected chi connectivity index (χ0v) is 16.4. The smallest absolute Gasteiger partial charge is 0.163 e. The molecule has 5 rings (SSSR count). The monoisotopic (exact) mass is 390 g/mol. The van der Waals surface area contributed by atoms with Crippen molar-refractivity contribution in [1.29, 1.82) is 0 Å². The van der Waals surface area contributed by atoms with Gasteiger partial charge in [0.2, 0.25) is 0 Å². The molecule has 0 radical (unpaired) electrons. The summed E-state index contributed by atoms with van der Waals surface area (Å²) in [7, 11) is 0. The van der Waals surface area contributed by atoms with Gasteiger partial charge in [-0.15, -0.1) is 0 Å². The lowest BCUT2D eigenvalue weighted by molar-refractivity contribution is 0.112. The van der Waals surface area contributed by atoms with Crippen molar-refractivity contribution in [3.05, 3.63) is 96.3 Å². The minimum absolute atomic E-state index is 0.515. The molecule has 0 aliphatic heterocycles. The lowest BCUT2D eigenvalue weighted by atomic mass is 10.1. The lowest BCUT2D eigenvalue weighted by Crippen LogP contribution is -2.02. The number of benzene rings is 2. The molecule has 5 heteroatoms. The summed E-state index contributed by atoms with van der Waals surface area (Å²) in [6.45, 7) is 2.03. The molecule has 0 unspecified atom stereocenters. The van der Waals surface area contributed by atoms with Crippen LogP contribution in [-0.2, 0) is 0 Å². The molecular weight excluding hydrogens is 372 g/mol. The van der Waals surface area contributed by atoms with Crippen LogP contribution in [0, 0.1) is 6.92 Å². The predicted molar refractivity (Wildman–Crippen MR) is 118 cm³/mol. The molecular formula is C25H18N4O. The van der Waals surface area contributed by atoms with E-state index < -0.39 is 0 Å². The van der Waals surface area contributed by atoms with Gasteiger partial charge >= 0.3 is 0 Å². The van der Waals surface area contributed by atoms with E-state index >= 15 is 0 Å². The molecule has 0 saturated carbocycles. The zero-order chi connectivity index (χ0) is 20.5. The third-order valence-electron chi connectivity index (χ3n) is 5.07. The molecule has 5 aromatic rings. The number of pyridine rings is 2. The molecule has 0 spiro atoms. The van der Waals surface area contributed by atoms with E-state index in [0.29, 0.717) is 22.7 Å². The van der Waals surface area contributed by atoms with Crippen LogP contribution in [-0.4, -0.2) is 26.0 Å². The van der Waals surface area contributed by atoms with Crippen molar-refractivity contribution in [1.82, 2.24) is 19.7 Å². The topological polar surface area (TPSA) is 60.7 Å². The summed E-state index contributed by atoms with van der Waals surface area (Å²) in [5.41, 5.74) is 5.76. The number of carbonyl (C=O) groups is 1. The van der Waals surface area contributed by atoms with Crippen LogP contribution >= 0.6 is 0 Å². The molecule has 0 amide bonds. The second-order valence-electron chi connectivity index (χ2n) is 7.14. The second-order valence-corrected chi connectivity index (χ2v) is 7.14. The van der Waals surface area contributed by atoms with Crippen LogP contribution in [0.1, 0.15) is 15.9 Å². The highest BCUT2D eigenvalue weighted by Crippen LogP contribution is 2.30. The van der Waals surface area contributed by atoms with Crippen LogP contribution in [0.15, 0.2) is 85.2 Å². The second kappa shape index (κ2) is 7.37. The van der Waals surface area contributed by atoms with Crippen LogP contribution in [0.2, 0.25) is 0 Å². The first-order valence-electron chi connectivity index (χ1n) is 9.66. The van der Waals surface area contributed by atoms with Crippen molar-refractivity contribution >= 4 is 17.3 Å². The molecule has 30 heavy (non-hydrogen) atoms. The van der Waals surface area contributed by atoms with E-state index in [1.54, 1.807) is 17.1 Å². The Balaban J connectivity index is 1.75. The molecule has 2 aromatic carbocycles. The van der Waals surface area contributed by atoms with Crippen LogP contribution in [0.5, 0.6) is 0 Å². The molecule has 5 nitrogen and oxygen atoms in total. The summed E-state index contributed by atoms with van der Waals surface area (Å²) >= 11 is 0. The van der Waals surface area contributed by atoms with Gasteiger partial charge in [-0.25, -0.2) is 14.6 Å². The van der Waals surface area contributed by atoms with Gasteiger partial charge in [0.05, 0.1) is 5.56 Å². The maximum atomic E-state index is 11.8. The predicted octanol–water partition coefficient (Wildman–Crippen LogP) is 5.27. The summed E-state index contributed by atoms with van der Waals surface area (Å²) < 4.78 is 1.68. The Morgan fingerprint density at radius 3 is 2.47 bits per heavy atom. The highest BCUT2D eigenvalue weighted by molar-refractivity contribution is 5.87. The highest BCUT2D eigenvalue weighted by atomic mass is 16.1. The standard InChI is InChI=1S/C25H18N4O/c1-17-9-11-19(12-10-17)23-21(16-30)15-29(28-23)25-22(18-6-3-2-4-7-18)14-20-8-5-13-26-24(20)27-25/h2-16H,1H3. The van der Waals surface area contributed by atoms with Gasteiger partial charge in [-0.1, -0.05) is 60.2 Å². The Morgan fingerprint density at radius 2 is 1.70 bits per heavy atom. The molecule has 0 saturated heterocycles. The Hall–Kier alpha value is -4.12. The van der Waals surface area contributed by atoms with E-state index in [2.05, 4.69) is 11.1 Å². The molecule has 0 N–H and O–H groups in total. The number of carbonyl (C=O) groups excluding carboxylic acids is 1. The fourth-order valence-electron chi connectivity index (χ4n) is 3.52. The molecule has 0 aliphatic carbocycles. The van der Waals surface area contributed by atoms with Crippen molar-refractivity contribution in [2.24, 2.45) is 0 Å². The van der Waals surface area contributed by atoms with E-state index in [9.17, 15) is 4.79 Å². The molecule has 0 fully saturated rings. The Bertz CT molecular complexity index is 1360. The third-order valence-corrected chi connectivity index (χ3v) is 5.07. The number of aryl methyl sites for hydroxylation is 1. The SMILES string of the molecule is Cc1ccc(-c2nn(-c3nc4ncccc4cc3-c3ccccc3)cc2C=O)cc1. The maximum absolute atomic E-state index is 11.8. The van der Waals surface area contributed by atoms with Gasteiger partial charge in [-0.3, -0.25) is 4.79 Å². The van der Waals surface area contributed by atoms with E-state index in [4.69, 9.17) is 10.1 Å². The summed E-state index contributed by atoms with van der Waals surface area (Å²) in [4.78, 5) is 21.0. The first kappa shape index (κ1) is 17.9. The Kier molecular flexibility index (Phi) is 4.41. The molecule has 0 bridgehead atoms. The average Bonchev–Trinajstić information content (AvgIpc) is 3.23. The normalized spacial score (nSPS) is 11.0. The van der Waals surface area contributed by atoms with Crippen LogP contribution in [0.3, 0.4) is 0 Å². The number of hydrogen-bond acceptors (Lipinski definition) is 4. The number of aromatic nitrogens is 4. The molecule has 0 atom stereocenters. The number of fused-ring (bicyclic) bond motifs is 1. The van der Waals surface area contributed by atoms with Gasteiger partial charge in [0.1, 0.15) is 5.69 Å². The minimum atomic E-state index is 0.515. The molecule has 3 heterocycles. The minimum Gasteiger partial charge on any atom is -0.298 e. The third kappa shape index (κ3) is 3.16. The quantitative estimate of drug-likeness (QED) is 0.392. The van der Waals surface area contributed by atoms with Crippen molar-refractivity contribution < 1.29 is 4.79 Å². The fraction of sp³-hybridized carbons (Fsp3) is 0.0400. The van der Waals surface area contributed by atoms with Crippen molar-refractivity contribution in [2.75, 3.05) is 0 Å². The number of nitrogens with zero attached hydrogens (tertiary/aromatic N) is 4. The van der Waals surface area contributed by atoms with E-state index in [-0.39, 0.29) is 0 Å². The average molecular weight is 390 g/mol. The zero-order valence-electron chi connectivity index (χ0n) is 16.4. The largest absolute Gasteiger partial charge is 0.298 e.